The summed E-state index contributed by atoms with van der Waals surface area (Å²) in [5.41, 5.74) is 5.70. The Morgan fingerprint density at radius 3 is 2.12 bits per heavy atom. The Labute approximate surface area is 122 Å². The lowest BCUT2D eigenvalue weighted by Crippen LogP contribution is -2.10. The fourth-order valence-electron chi connectivity index (χ4n) is 0.668. The van der Waals surface area contributed by atoms with E-state index in [4.69, 9.17) is 11.0 Å². The van der Waals surface area contributed by atoms with Gasteiger partial charge >= 0.3 is 0 Å². The molecule has 0 atom stereocenters. The van der Waals surface area contributed by atoms with Crippen molar-refractivity contribution in [1.29, 1.82) is 5.26 Å². The van der Waals surface area contributed by atoms with Gasteiger partial charge in [-0.15, -0.1) is 22.7 Å². The number of hydrogen-bond acceptors (Lipinski definition) is 6. The van der Waals surface area contributed by atoms with E-state index >= 15 is 0 Å². The van der Waals surface area contributed by atoms with Crippen LogP contribution < -0.4 is 5.73 Å². The average Bonchev–Trinajstić information content (AvgIpc) is 2.88. The first-order valence-electron chi connectivity index (χ1n) is 3.95. The Hall–Kier alpha value is -0.820. The van der Waals surface area contributed by atoms with E-state index < -0.39 is 5.91 Å². The number of rotatable bonds is 1. The van der Waals surface area contributed by atoms with E-state index in [1.165, 1.54) is 22.7 Å². The third-order valence-corrected chi connectivity index (χ3v) is 4.05. The van der Waals surface area contributed by atoms with Crippen LogP contribution in [0, 0.1) is 11.3 Å². The maximum atomic E-state index is 10.4. The second kappa shape index (κ2) is 6.80. The quantitative estimate of drug-likeness (QED) is 0.803. The Balaban J connectivity index is 0.000000171. The fraction of sp³-hybridized carbons (Fsp3) is 0. The molecule has 0 spiro atoms. The van der Waals surface area contributed by atoms with Gasteiger partial charge in [0.2, 0.25) is 0 Å². The summed E-state index contributed by atoms with van der Waals surface area (Å²) in [5.74, 6) is -0.489. The number of primary amides is 1. The van der Waals surface area contributed by atoms with E-state index in [2.05, 4.69) is 41.8 Å². The summed E-state index contributed by atoms with van der Waals surface area (Å²) in [6, 6.07) is 1.92. The molecule has 2 N–H and O–H groups in total. The minimum atomic E-state index is -0.489. The predicted molar refractivity (Wildman–Crippen MR) is 72.9 cm³/mol. The molecule has 0 aliphatic carbocycles. The highest BCUT2D eigenvalue weighted by Gasteiger charge is 2.02. The molecule has 0 aliphatic rings. The monoisotopic (exact) mass is 394 g/mol. The lowest BCUT2D eigenvalue weighted by atomic mass is 10.5. The summed E-state index contributed by atoms with van der Waals surface area (Å²) in [7, 11) is 0. The molecule has 2 rings (SSSR count). The van der Waals surface area contributed by atoms with Crippen LogP contribution in [0.1, 0.15) is 16.2 Å². The molecule has 0 radical (unpaired) electrons. The van der Waals surface area contributed by atoms with Crippen LogP contribution in [0.25, 0.3) is 0 Å². The van der Waals surface area contributed by atoms with Gasteiger partial charge in [-0.3, -0.25) is 4.79 Å². The third kappa shape index (κ3) is 4.91. The van der Waals surface area contributed by atoms with Gasteiger partial charge in [-0.25, -0.2) is 9.97 Å². The second-order valence-electron chi connectivity index (χ2n) is 2.45. The molecule has 2 heterocycles. The molecule has 9 heteroatoms. The number of amides is 1. The summed E-state index contributed by atoms with van der Waals surface area (Å²) < 4.78 is 1.44. The highest BCUT2D eigenvalue weighted by atomic mass is 79.9. The van der Waals surface area contributed by atoms with Crippen molar-refractivity contribution in [3.8, 4) is 6.07 Å². The number of aromatic nitrogens is 2. The molecule has 0 aromatic carbocycles. The van der Waals surface area contributed by atoms with Crippen molar-refractivity contribution in [2.24, 2.45) is 5.73 Å². The van der Waals surface area contributed by atoms with E-state index in [1.54, 1.807) is 10.8 Å². The predicted octanol–water partition coefficient (Wildman–Crippen LogP) is 2.78. The van der Waals surface area contributed by atoms with Gasteiger partial charge < -0.3 is 5.73 Å². The molecule has 0 bridgehead atoms. The summed E-state index contributed by atoms with van der Waals surface area (Å²) in [5, 5.41) is 11.5. The molecular weight excluding hydrogens is 392 g/mol. The van der Waals surface area contributed by atoms with Crippen LogP contribution in [-0.4, -0.2) is 15.9 Å². The molecule has 0 unspecified atom stereocenters. The van der Waals surface area contributed by atoms with Crippen LogP contribution in [-0.2, 0) is 0 Å². The number of thiazole rings is 2. The normalized spacial score (nSPS) is 9.00. The smallest absolute Gasteiger partial charge is 0.268 e. The number of halogens is 2. The van der Waals surface area contributed by atoms with Crippen molar-refractivity contribution in [3.63, 3.8) is 0 Å². The number of nitrogens with zero attached hydrogens (tertiary/aromatic N) is 3. The first-order valence-corrected chi connectivity index (χ1v) is 7.29. The van der Waals surface area contributed by atoms with E-state index in [-0.39, 0.29) is 0 Å². The summed E-state index contributed by atoms with van der Waals surface area (Å²) in [4.78, 5) is 17.9. The number of carbonyl (C=O) groups excluding carboxylic acids is 1. The van der Waals surface area contributed by atoms with E-state index in [0.717, 1.165) is 3.92 Å². The molecule has 2 aromatic heterocycles. The molecule has 0 saturated carbocycles. The van der Waals surface area contributed by atoms with Gasteiger partial charge in [-0.1, -0.05) is 0 Å². The van der Waals surface area contributed by atoms with Gasteiger partial charge in [0.1, 0.15) is 11.8 Å². The van der Waals surface area contributed by atoms with Crippen LogP contribution in [0.4, 0.5) is 0 Å². The van der Waals surface area contributed by atoms with Gasteiger partial charge in [0.25, 0.3) is 5.91 Å². The molecular formula is C8H4Br2N4OS2. The highest BCUT2D eigenvalue weighted by molar-refractivity contribution is 9.11. The van der Waals surface area contributed by atoms with Crippen molar-refractivity contribution in [3.05, 3.63) is 30.0 Å². The van der Waals surface area contributed by atoms with Crippen LogP contribution in [0.2, 0.25) is 0 Å². The SMILES string of the molecule is N#Cc1csc(Br)n1.NC(=O)c1csc(Br)n1. The number of nitrogens with two attached hydrogens (primary N) is 1. The molecule has 0 fully saturated rings. The number of nitriles is 1. The minimum Gasteiger partial charge on any atom is -0.364 e. The molecule has 88 valence electrons. The Morgan fingerprint density at radius 2 is 1.88 bits per heavy atom. The largest absolute Gasteiger partial charge is 0.364 e. The van der Waals surface area contributed by atoms with E-state index in [0.29, 0.717) is 15.3 Å². The van der Waals surface area contributed by atoms with Crippen molar-refractivity contribution in [1.82, 2.24) is 9.97 Å². The van der Waals surface area contributed by atoms with Crippen molar-refractivity contribution in [2.75, 3.05) is 0 Å². The van der Waals surface area contributed by atoms with Gasteiger partial charge in [0.15, 0.2) is 13.5 Å². The summed E-state index contributed by atoms with van der Waals surface area (Å²) in [6.07, 6.45) is 0. The molecule has 0 aliphatic heterocycles. The number of hydrogen-bond donors (Lipinski definition) is 1. The van der Waals surface area contributed by atoms with E-state index in [1.807, 2.05) is 6.07 Å². The van der Waals surface area contributed by atoms with Crippen molar-refractivity contribution < 1.29 is 4.79 Å². The minimum absolute atomic E-state index is 0.312. The standard InChI is InChI=1S/C4H3BrN2OS.C4HBrN2S/c5-4-7-2(1-9-4)3(6)8;5-4-7-3(1-6)2-8-4/h1H,(H2,6,8);2H. The highest BCUT2D eigenvalue weighted by Crippen LogP contribution is 2.15. The zero-order valence-corrected chi connectivity index (χ0v) is 12.9. The maximum absolute atomic E-state index is 10.4. The lowest BCUT2D eigenvalue weighted by molar-refractivity contribution is 0.0996. The zero-order chi connectivity index (χ0) is 12.8. The first-order chi connectivity index (χ1) is 8.02. The van der Waals surface area contributed by atoms with Gasteiger partial charge in [-0.2, -0.15) is 5.26 Å². The van der Waals surface area contributed by atoms with Crippen LogP contribution in [0.5, 0.6) is 0 Å². The second-order valence-corrected chi connectivity index (χ2v) is 6.72. The Morgan fingerprint density at radius 1 is 1.29 bits per heavy atom. The molecule has 1 amide bonds. The van der Waals surface area contributed by atoms with E-state index in [9.17, 15) is 4.79 Å². The first kappa shape index (κ1) is 14.2. The summed E-state index contributed by atoms with van der Waals surface area (Å²) >= 11 is 8.98. The van der Waals surface area contributed by atoms with Gasteiger partial charge in [0, 0.05) is 10.8 Å². The van der Waals surface area contributed by atoms with Crippen LogP contribution >= 0.6 is 54.5 Å². The number of carbonyl (C=O) groups is 1. The van der Waals surface area contributed by atoms with Crippen LogP contribution in [0.3, 0.4) is 0 Å². The Bertz CT molecular complexity index is 560. The van der Waals surface area contributed by atoms with Crippen molar-refractivity contribution >= 4 is 60.4 Å². The Kier molecular flexibility index (Phi) is 5.70. The van der Waals surface area contributed by atoms with Crippen LogP contribution in [0.15, 0.2) is 18.6 Å². The maximum Gasteiger partial charge on any atom is 0.268 e. The summed E-state index contributed by atoms with van der Waals surface area (Å²) in [6.45, 7) is 0. The fourth-order valence-corrected chi connectivity index (χ4v) is 2.61. The van der Waals surface area contributed by atoms with Gasteiger partial charge in [0.05, 0.1) is 0 Å². The zero-order valence-electron chi connectivity index (χ0n) is 8.05. The third-order valence-electron chi connectivity index (χ3n) is 1.32. The average molecular weight is 396 g/mol. The van der Waals surface area contributed by atoms with Gasteiger partial charge in [-0.05, 0) is 31.9 Å². The topological polar surface area (TPSA) is 92.7 Å². The lowest BCUT2D eigenvalue weighted by Gasteiger charge is -1.80. The van der Waals surface area contributed by atoms with Crippen molar-refractivity contribution in [2.45, 2.75) is 0 Å². The molecule has 5 nitrogen and oxygen atoms in total. The molecule has 0 saturated heterocycles. The molecule has 17 heavy (non-hydrogen) atoms. The molecule has 2 aromatic rings.